The summed E-state index contributed by atoms with van der Waals surface area (Å²) in [4.78, 5) is 3.80. The third kappa shape index (κ3) is 2.71. The minimum Gasteiger partial charge on any atom is -0.497 e. The van der Waals surface area contributed by atoms with E-state index in [0.29, 0.717) is 11.8 Å². The van der Waals surface area contributed by atoms with Crippen LogP contribution in [-0.2, 0) is 6.54 Å². The Balaban J connectivity index is 1.77. The first kappa shape index (κ1) is 12.8. The zero-order chi connectivity index (χ0) is 14.7. The normalized spacial score (nSPS) is 10.3. The Morgan fingerprint density at radius 1 is 1.29 bits per heavy atom. The predicted octanol–water partition coefficient (Wildman–Crippen LogP) is 1.26. The Hall–Kier alpha value is -3.21. The molecule has 0 atom stereocenters. The molecule has 104 valence electrons. The molecule has 0 saturated carbocycles. The lowest BCUT2D eigenvalue weighted by Gasteiger charge is -1.99. The molecule has 8 heteroatoms. The number of ether oxygens (including phenoxy) is 1. The smallest absolute Gasteiger partial charge is 0.252 e. The summed E-state index contributed by atoms with van der Waals surface area (Å²) >= 11 is 0. The maximum absolute atomic E-state index is 8.66. The number of hydrogen-bond donors (Lipinski definition) is 0. The van der Waals surface area contributed by atoms with Gasteiger partial charge in [-0.25, -0.2) is 9.67 Å². The van der Waals surface area contributed by atoms with E-state index in [4.69, 9.17) is 14.4 Å². The van der Waals surface area contributed by atoms with Gasteiger partial charge in [-0.2, -0.15) is 5.26 Å². The average molecular weight is 282 g/mol. The molecule has 0 saturated heterocycles. The second-order valence-electron chi connectivity index (χ2n) is 4.11. The maximum Gasteiger partial charge on any atom is 0.252 e. The zero-order valence-corrected chi connectivity index (χ0v) is 11.1. The second-order valence-corrected chi connectivity index (χ2v) is 4.11. The third-order valence-corrected chi connectivity index (χ3v) is 2.74. The third-order valence-electron chi connectivity index (χ3n) is 2.74. The lowest BCUT2D eigenvalue weighted by Crippen LogP contribution is -2.00. The van der Waals surface area contributed by atoms with E-state index >= 15 is 0 Å². The molecule has 21 heavy (non-hydrogen) atoms. The van der Waals surface area contributed by atoms with Gasteiger partial charge in [-0.15, -0.1) is 15.3 Å². The summed E-state index contributed by atoms with van der Waals surface area (Å²) in [7, 11) is 1.60. The molecular weight excluding hydrogens is 272 g/mol. The van der Waals surface area contributed by atoms with Crippen LogP contribution in [-0.4, -0.2) is 32.1 Å². The number of aromatic nitrogens is 5. The highest BCUT2D eigenvalue weighted by Gasteiger charge is 2.10. The highest BCUT2D eigenvalue weighted by Crippen LogP contribution is 2.21. The van der Waals surface area contributed by atoms with E-state index < -0.39 is 0 Å². The Bertz CT molecular complexity index is 784. The van der Waals surface area contributed by atoms with Gasteiger partial charge in [0.1, 0.15) is 24.7 Å². The van der Waals surface area contributed by atoms with Gasteiger partial charge in [0.25, 0.3) is 5.82 Å². The molecule has 0 amide bonds. The topological polar surface area (TPSA) is 103 Å². The summed E-state index contributed by atoms with van der Waals surface area (Å²) in [5.74, 6) is 1.65. The van der Waals surface area contributed by atoms with Crippen molar-refractivity contribution in [1.29, 1.82) is 5.26 Å². The van der Waals surface area contributed by atoms with Crippen LogP contribution in [0.25, 0.3) is 11.5 Å². The van der Waals surface area contributed by atoms with E-state index in [-0.39, 0.29) is 12.4 Å². The number of benzene rings is 1. The van der Waals surface area contributed by atoms with Crippen LogP contribution < -0.4 is 4.74 Å². The van der Waals surface area contributed by atoms with Crippen molar-refractivity contribution in [2.24, 2.45) is 0 Å². The number of hydrogen-bond acceptors (Lipinski definition) is 7. The minimum atomic E-state index is 0.102. The minimum absolute atomic E-state index is 0.102. The van der Waals surface area contributed by atoms with E-state index in [9.17, 15) is 0 Å². The van der Waals surface area contributed by atoms with Crippen molar-refractivity contribution in [2.75, 3.05) is 7.11 Å². The van der Waals surface area contributed by atoms with Gasteiger partial charge in [-0.3, -0.25) is 0 Å². The second kappa shape index (κ2) is 5.42. The molecule has 0 aliphatic carbocycles. The largest absolute Gasteiger partial charge is 0.497 e. The molecule has 3 rings (SSSR count). The Labute approximate surface area is 119 Å². The molecule has 0 radical (unpaired) electrons. The monoisotopic (exact) mass is 282 g/mol. The molecule has 8 nitrogen and oxygen atoms in total. The summed E-state index contributed by atoms with van der Waals surface area (Å²) in [6.45, 7) is 0.262. The first-order valence-electron chi connectivity index (χ1n) is 6.05. The van der Waals surface area contributed by atoms with E-state index in [2.05, 4.69) is 20.3 Å². The van der Waals surface area contributed by atoms with Crippen LogP contribution in [0.4, 0.5) is 0 Å². The Kier molecular flexibility index (Phi) is 3.31. The fraction of sp³-hybridized carbons (Fsp3) is 0.154. The summed E-state index contributed by atoms with van der Waals surface area (Å²) < 4.78 is 12.1. The number of methoxy groups -OCH3 is 1. The van der Waals surface area contributed by atoms with Gasteiger partial charge in [-0.1, -0.05) is 0 Å². The van der Waals surface area contributed by atoms with Gasteiger partial charge in [0, 0.05) is 5.56 Å². The van der Waals surface area contributed by atoms with Crippen LogP contribution in [0.1, 0.15) is 11.7 Å². The first-order valence-corrected chi connectivity index (χ1v) is 6.05. The van der Waals surface area contributed by atoms with Crippen LogP contribution >= 0.6 is 0 Å². The molecule has 0 aliphatic rings. The van der Waals surface area contributed by atoms with Gasteiger partial charge >= 0.3 is 0 Å². The number of rotatable bonds is 4. The van der Waals surface area contributed by atoms with E-state index in [0.717, 1.165) is 11.3 Å². The molecule has 0 N–H and O–H groups in total. The fourth-order valence-corrected chi connectivity index (χ4v) is 1.73. The number of nitrogens with zero attached hydrogens (tertiary/aromatic N) is 6. The molecule has 0 fully saturated rings. The molecule has 3 aromatic rings. The SMILES string of the molecule is COc1ccc(-c2nnc(Cn3cnc(C#N)n3)o2)cc1. The van der Waals surface area contributed by atoms with Crippen molar-refractivity contribution in [1.82, 2.24) is 25.0 Å². The van der Waals surface area contributed by atoms with Gasteiger partial charge < -0.3 is 9.15 Å². The molecule has 0 bridgehead atoms. The summed E-state index contributed by atoms with van der Waals surface area (Å²) in [5.41, 5.74) is 0.797. The fourth-order valence-electron chi connectivity index (χ4n) is 1.73. The van der Waals surface area contributed by atoms with E-state index in [1.54, 1.807) is 7.11 Å². The van der Waals surface area contributed by atoms with Crippen molar-refractivity contribution in [3.8, 4) is 23.3 Å². The standard InChI is InChI=1S/C13H10N6O2/c1-20-10-4-2-9(3-5-10)13-17-16-12(21-13)7-19-8-15-11(6-14)18-19/h2-5,8H,7H2,1H3. The summed E-state index contributed by atoms with van der Waals surface area (Å²) in [5, 5.41) is 20.5. The number of nitriles is 1. The van der Waals surface area contributed by atoms with Crippen molar-refractivity contribution in [3.05, 3.63) is 42.3 Å². The molecule has 2 heterocycles. The molecule has 0 spiro atoms. The van der Waals surface area contributed by atoms with Gasteiger partial charge in [0.05, 0.1) is 7.11 Å². The summed E-state index contributed by atoms with van der Waals surface area (Å²) in [6.07, 6.45) is 1.44. The van der Waals surface area contributed by atoms with Crippen molar-refractivity contribution >= 4 is 0 Å². The predicted molar refractivity (Wildman–Crippen MR) is 70.1 cm³/mol. The zero-order valence-electron chi connectivity index (χ0n) is 11.1. The molecule has 0 unspecified atom stereocenters. The Morgan fingerprint density at radius 3 is 2.76 bits per heavy atom. The van der Waals surface area contributed by atoms with Crippen LogP contribution in [0.2, 0.25) is 0 Å². The lowest BCUT2D eigenvalue weighted by atomic mass is 10.2. The highest BCUT2D eigenvalue weighted by molar-refractivity contribution is 5.53. The molecule has 2 aromatic heterocycles. The van der Waals surface area contributed by atoms with Crippen LogP contribution in [0.3, 0.4) is 0 Å². The van der Waals surface area contributed by atoms with Gasteiger partial charge in [0.2, 0.25) is 11.8 Å². The Morgan fingerprint density at radius 2 is 2.10 bits per heavy atom. The molecule has 1 aromatic carbocycles. The van der Waals surface area contributed by atoms with Crippen LogP contribution in [0.15, 0.2) is 35.0 Å². The van der Waals surface area contributed by atoms with Crippen LogP contribution in [0, 0.1) is 11.3 Å². The first-order chi connectivity index (χ1) is 10.3. The molecular formula is C13H10N6O2. The van der Waals surface area contributed by atoms with Crippen molar-refractivity contribution in [2.45, 2.75) is 6.54 Å². The van der Waals surface area contributed by atoms with Gasteiger partial charge in [0.15, 0.2) is 0 Å². The van der Waals surface area contributed by atoms with Gasteiger partial charge in [-0.05, 0) is 24.3 Å². The molecule has 0 aliphatic heterocycles. The summed E-state index contributed by atoms with van der Waals surface area (Å²) in [6, 6.07) is 9.15. The highest BCUT2D eigenvalue weighted by atomic mass is 16.5. The van der Waals surface area contributed by atoms with Crippen molar-refractivity contribution in [3.63, 3.8) is 0 Å². The van der Waals surface area contributed by atoms with Crippen LogP contribution in [0.5, 0.6) is 5.75 Å². The average Bonchev–Trinajstić information content (AvgIpc) is 3.17. The van der Waals surface area contributed by atoms with E-state index in [1.807, 2.05) is 30.3 Å². The van der Waals surface area contributed by atoms with Crippen molar-refractivity contribution < 1.29 is 9.15 Å². The quantitative estimate of drug-likeness (QED) is 0.709. The lowest BCUT2D eigenvalue weighted by molar-refractivity contribution is 0.415. The maximum atomic E-state index is 8.66. The van der Waals surface area contributed by atoms with E-state index in [1.165, 1.54) is 11.0 Å².